The van der Waals surface area contributed by atoms with Crippen LogP contribution in [0.4, 0.5) is 4.39 Å². The SMILES string of the molecule is CC(=O)NNC(=O)COC(=O)c1sc2cc(F)ccc2c1Cl. The molecule has 0 radical (unpaired) electrons. The number of nitrogens with one attached hydrogen (secondary N) is 2. The highest BCUT2D eigenvalue weighted by Gasteiger charge is 2.19. The van der Waals surface area contributed by atoms with Crippen molar-refractivity contribution >= 4 is 50.8 Å². The number of hydrogen-bond acceptors (Lipinski definition) is 5. The Bertz CT molecular complexity index is 762. The van der Waals surface area contributed by atoms with Crippen LogP contribution in [0.3, 0.4) is 0 Å². The molecule has 1 aromatic heterocycles. The Hall–Kier alpha value is -2.19. The zero-order chi connectivity index (χ0) is 16.3. The van der Waals surface area contributed by atoms with E-state index in [4.69, 9.17) is 16.3 Å². The highest BCUT2D eigenvalue weighted by Crippen LogP contribution is 2.36. The Morgan fingerprint density at radius 2 is 2.05 bits per heavy atom. The van der Waals surface area contributed by atoms with Gasteiger partial charge in [-0.1, -0.05) is 11.6 Å². The Morgan fingerprint density at radius 3 is 2.73 bits per heavy atom. The van der Waals surface area contributed by atoms with Crippen LogP contribution >= 0.6 is 22.9 Å². The van der Waals surface area contributed by atoms with Crippen molar-refractivity contribution in [3.8, 4) is 0 Å². The topological polar surface area (TPSA) is 84.5 Å². The van der Waals surface area contributed by atoms with Gasteiger partial charge in [-0.2, -0.15) is 0 Å². The molecule has 0 atom stereocenters. The van der Waals surface area contributed by atoms with Gasteiger partial charge in [-0.25, -0.2) is 9.18 Å². The number of fused-ring (bicyclic) bond motifs is 1. The molecule has 0 bridgehead atoms. The zero-order valence-corrected chi connectivity index (χ0v) is 12.8. The quantitative estimate of drug-likeness (QED) is 0.659. The molecule has 1 aromatic carbocycles. The fraction of sp³-hybridized carbons (Fsp3) is 0.154. The van der Waals surface area contributed by atoms with Crippen LogP contribution in [-0.2, 0) is 14.3 Å². The van der Waals surface area contributed by atoms with Crippen LogP contribution in [-0.4, -0.2) is 24.4 Å². The van der Waals surface area contributed by atoms with Gasteiger partial charge < -0.3 is 4.74 Å². The van der Waals surface area contributed by atoms with Crippen LogP contribution in [0.1, 0.15) is 16.6 Å². The van der Waals surface area contributed by atoms with E-state index in [0.717, 1.165) is 11.3 Å². The summed E-state index contributed by atoms with van der Waals surface area (Å²) < 4.78 is 18.4. The molecule has 6 nitrogen and oxygen atoms in total. The van der Waals surface area contributed by atoms with E-state index in [2.05, 4.69) is 5.43 Å². The highest BCUT2D eigenvalue weighted by atomic mass is 35.5. The lowest BCUT2D eigenvalue weighted by atomic mass is 10.2. The first-order valence-corrected chi connectivity index (χ1v) is 7.18. The van der Waals surface area contributed by atoms with Crippen molar-refractivity contribution in [2.24, 2.45) is 0 Å². The number of halogens is 2. The fourth-order valence-electron chi connectivity index (χ4n) is 1.56. The summed E-state index contributed by atoms with van der Waals surface area (Å²) in [6, 6.07) is 3.95. The maximum atomic E-state index is 13.1. The molecule has 2 amide bonds. The van der Waals surface area contributed by atoms with E-state index < -0.39 is 30.2 Å². The number of thiophene rings is 1. The average Bonchev–Trinajstić information content (AvgIpc) is 2.79. The number of ether oxygens (including phenoxy) is 1. The van der Waals surface area contributed by atoms with Crippen LogP contribution in [0.5, 0.6) is 0 Å². The molecule has 0 aliphatic rings. The van der Waals surface area contributed by atoms with Gasteiger partial charge in [-0.05, 0) is 18.2 Å². The van der Waals surface area contributed by atoms with Gasteiger partial charge in [0.2, 0.25) is 5.91 Å². The van der Waals surface area contributed by atoms with Gasteiger partial charge in [0.25, 0.3) is 5.91 Å². The van der Waals surface area contributed by atoms with Gasteiger partial charge in [-0.3, -0.25) is 20.4 Å². The van der Waals surface area contributed by atoms with Crippen molar-refractivity contribution in [3.05, 3.63) is 33.9 Å². The minimum Gasteiger partial charge on any atom is -0.451 e. The summed E-state index contributed by atoms with van der Waals surface area (Å²) in [5.74, 6) is -2.41. The Balaban J connectivity index is 2.05. The largest absolute Gasteiger partial charge is 0.451 e. The number of carbonyl (C=O) groups is 3. The van der Waals surface area contributed by atoms with Crippen LogP contribution < -0.4 is 10.9 Å². The first-order valence-electron chi connectivity index (χ1n) is 5.98. The summed E-state index contributed by atoms with van der Waals surface area (Å²) in [6.07, 6.45) is 0. The number of esters is 1. The number of amides is 2. The van der Waals surface area contributed by atoms with E-state index in [0.29, 0.717) is 10.1 Å². The third kappa shape index (κ3) is 3.71. The van der Waals surface area contributed by atoms with Crippen molar-refractivity contribution in [1.82, 2.24) is 10.9 Å². The normalized spacial score (nSPS) is 10.3. The zero-order valence-electron chi connectivity index (χ0n) is 11.2. The number of benzene rings is 1. The van der Waals surface area contributed by atoms with E-state index in [1.165, 1.54) is 25.1 Å². The molecule has 1 heterocycles. The number of hydrogen-bond donors (Lipinski definition) is 2. The third-order valence-electron chi connectivity index (χ3n) is 2.49. The van der Waals surface area contributed by atoms with E-state index >= 15 is 0 Å². The molecule has 9 heteroatoms. The molecule has 0 aliphatic heterocycles. The van der Waals surface area contributed by atoms with Gasteiger partial charge in [0.05, 0.1) is 5.02 Å². The number of carbonyl (C=O) groups excluding carboxylic acids is 3. The smallest absolute Gasteiger partial charge is 0.350 e. The summed E-state index contributed by atoms with van der Waals surface area (Å²) in [5, 5.41) is 0.676. The molecule has 2 N–H and O–H groups in total. The van der Waals surface area contributed by atoms with Gasteiger partial charge in [0.15, 0.2) is 6.61 Å². The fourth-order valence-corrected chi connectivity index (χ4v) is 2.99. The van der Waals surface area contributed by atoms with E-state index in [1.54, 1.807) is 0 Å². The van der Waals surface area contributed by atoms with Crippen molar-refractivity contribution in [1.29, 1.82) is 0 Å². The van der Waals surface area contributed by atoms with Gasteiger partial charge >= 0.3 is 5.97 Å². The summed E-state index contributed by atoms with van der Waals surface area (Å²) in [5.41, 5.74) is 4.10. The second-order valence-electron chi connectivity index (χ2n) is 4.19. The lowest BCUT2D eigenvalue weighted by Gasteiger charge is -2.05. The van der Waals surface area contributed by atoms with Crippen LogP contribution in [0.2, 0.25) is 5.02 Å². The van der Waals surface area contributed by atoms with Crippen LogP contribution in [0, 0.1) is 5.82 Å². The second kappa shape index (κ2) is 6.71. The monoisotopic (exact) mass is 344 g/mol. The highest BCUT2D eigenvalue weighted by molar-refractivity contribution is 7.21. The standard InChI is InChI=1S/C13H10ClFN2O4S/c1-6(18)16-17-10(19)5-21-13(20)12-11(14)8-3-2-7(15)4-9(8)22-12/h2-4H,5H2,1H3,(H,16,18)(H,17,19). The molecule has 116 valence electrons. The van der Waals surface area contributed by atoms with Crippen LogP contribution in [0.25, 0.3) is 10.1 Å². The first kappa shape index (κ1) is 16.2. The molecule has 0 spiro atoms. The maximum Gasteiger partial charge on any atom is 0.350 e. The van der Waals surface area contributed by atoms with Crippen LogP contribution in [0.15, 0.2) is 18.2 Å². The van der Waals surface area contributed by atoms with E-state index in [-0.39, 0.29) is 9.90 Å². The Labute approximate surface area is 133 Å². The Morgan fingerprint density at radius 1 is 1.32 bits per heavy atom. The second-order valence-corrected chi connectivity index (χ2v) is 5.62. The number of rotatable bonds is 3. The van der Waals surface area contributed by atoms with Crippen molar-refractivity contribution in [2.45, 2.75) is 6.92 Å². The van der Waals surface area contributed by atoms with E-state index in [9.17, 15) is 18.8 Å². The molecule has 22 heavy (non-hydrogen) atoms. The molecule has 0 aliphatic carbocycles. The maximum absolute atomic E-state index is 13.1. The summed E-state index contributed by atoms with van der Waals surface area (Å²) in [6.45, 7) is 0.625. The molecule has 0 fully saturated rings. The summed E-state index contributed by atoms with van der Waals surface area (Å²) in [4.78, 5) is 33.9. The van der Waals surface area contributed by atoms with Gasteiger partial charge in [-0.15, -0.1) is 11.3 Å². The number of hydrazine groups is 1. The minimum atomic E-state index is -0.801. The molecular formula is C13H10ClFN2O4S. The van der Waals surface area contributed by atoms with Crippen molar-refractivity contribution in [3.63, 3.8) is 0 Å². The minimum absolute atomic E-state index is 0.0783. The predicted octanol–water partition coefficient (Wildman–Crippen LogP) is 2.02. The van der Waals surface area contributed by atoms with Crippen molar-refractivity contribution in [2.75, 3.05) is 6.61 Å². The molecule has 0 saturated heterocycles. The van der Waals surface area contributed by atoms with Gasteiger partial charge in [0.1, 0.15) is 10.7 Å². The third-order valence-corrected chi connectivity index (χ3v) is 4.13. The Kier molecular flexibility index (Phi) is 4.94. The summed E-state index contributed by atoms with van der Waals surface area (Å²) >= 11 is 7.02. The molecule has 0 saturated carbocycles. The van der Waals surface area contributed by atoms with Gasteiger partial charge in [0, 0.05) is 17.0 Å². The molecule has 0 unspecified atom stereocenters. The van der Waals surface area contributed by atoms with E-state index in [1.807, 2.05) is 5.43 Å². The predicted molar refractivity (Wildman–Crippen MR) is 79.0 cm³/mol. The summed E-state index contributed by atoms with van der Waals surface area (Å²) in [7, 11) is 0. The molecule has 2 aromatic rings. The van der Waals surface area contributed by atoms with Crippen molar-refractivity contribution < 1.29 is 23.5 Å². The average molecular weight is 345 g/mol. The lowest BCUT2D eigenvalue weighted by Crippen LogP contribution is -2.42. The lowest BCUT2D eigenvalue weighted by molar-refractivity contribution is -0.129. The molecule has 2 rings (SSSR count). The molecular weight excluding hydrogens is 335 g/mol. The first-order chi connectivity index (χ1) is 10.4.